The fourth-order valence-electron chi connectivity index (χ4n) is 4.80. The van der Waals surface area contributed by atoms with E-state index in [0.29, 0.717) is 38.5 Å². The van der Waals surface area contributed by atoms with E-state index >= 15 is 0 Å². The quantitative estimate of drug-likeness (QED) is 0.261. The molecule has 3 aromatic carbocycles. The predicted molar refractivity (Wildman–Crippen MR) is 138 cm³/mol. The van der Waals surface area contributed by atoms with E-state index in [1.54, 1.807) is 54.1 Å². The number of nitrogens with zero attached hydrogens (tertiary/aromatic N) is 2. The first-order chi connectivity index (χ1) is 17.4. The highest BCUT2D eigenvalue weighted by molar-refractivity contribution is 7.90. The van der Waals surface area contributed by atoms with Crippen molar-refractivity contribution in [2.75, 3.05) is 0 Å². The Bertz CT molecular complexity index is 1830. The summed E-state index contributed by atoms with van der Waals surface area (Å²) >= 11 is 0. The summed E-state index contributed by atoms with van der Waals surface area (Å²) in [6.07, 6.45) is -2.83. The molecule has 0 aliphatic carbocycles. The van der Waals surface area contributed by atoms with E-state index in [2.05, 4.69) is 0 Å². The van der Waals surface area contributed by atoms with Gasteiger partial charge in [-0.3, -0.25) is 4.79 Å². The van der Waals surface area contributed by atoms with Gasteiger partial charge in [0, 0.05) is 39.8 Å². The van der Waals surface area contributed by atoms with Crippen LogP contribution in [0.4, 0.5) is 13.2 Å². The Labute approximate surface area is 211 Å². The molecule has 0 N–H and O–H groups in total. The van der Waals surface area contributed by atoms with Crippen LogP contribution < -0.4 is 5.56 Å². The Kier molecular flexibility index (Phi) is 5.79. The molecular formula is C28H23F3N2O3S. The van der Waals surface area contributed by atoms with Crippen molar-refractivity contribution >= 4 is 31.7 Å². The molecule has 0 amide bonds. The first-order valence-electron chi connectivity index (χ1n) is 11.6. The molecule has 0 aliphatic rings. The maximum atomic E-state index is 13.8. The van der Waals surface area contributed by atoms with Crippen LogP contribution in [0, 0.1) is 6.92 Å². The minimum absolute atomic E-state index is 0.139. The van der Waals surface area contributed by atoms with Crippen molar-refractivity contribution in [2.45, 2.75) is 37.9 Å². The van der Waals surface area contributed by atoms with Crippen molar-refractivity contribution in [1.29, 1.82) is 0 Å². The Morgan fingerprint density at radius 3 is 1.97 bits per heavy atom. The first-order valence-corrected chi connectivity index (χ1v) is 13.0. The number of rotatable bonds is 4. The molecule has 9 heteroatoms. The van der Waals surface area contributed by atoms with E-state index in [-0.39, 0.29) is 16.5 Å². The minimum Gasteiger partial charge on any atom is -0.312 e. The van der Waals surface area contributed by atoms with Crippen molar-refractivity contribution in [3.05, 3.63) is 101 Å². The Hall–Kier alpha value is -3.85. The van der Waals surface area contributed by atoms with Gasteiger partial charge in [-0.2, -0.15) is 13.2 Å². The molecule has 0 unspecified atom stereocenters. The van der Waals surface area contributed by atoms with Gasteiger partial charge in [0.15, 0.2) is 0 Å². The smallest absolute Gasteiger partial charge is 0.312 e. The number of fused-ring (bicyclic) bond motifs is 2. The van der Waals surface area contributed by atoms with Gasteiger partial charge in [-0.25, -0.2) is 12.4 Å². The third-order valence-electron chi connectivity index (χ3n) is 6.55. The Morgan fingerprint density at radius 1 is 0.811 bits per heavy atom. The maximum Gasteiger partial charge on any atom is 0.416 e. The van der Waals surface area contributed by atoms with Gasteiger partial charge in [0.1, 0.15) is 0 Å². The largest absolute Gasteiger partial charge is 0.416 e. The lowest BCUT2D eigenvalue weighted by atomic mass is 9.98. The molecule has 0 spiro atoms. The van der Waals surface area contributed by atoms with Crippen LogP contribution in [0.25, 0.3) is 32.8 Å². The summed E-state index contributed by atoms with van der Waals surface area (Å²) < 4.78 is 69.6. The van der Waals surface area contributed by atoms with E-state index in [0.717, 1.165) is 24.3 Å². The van der Waals surface area contributed by atoms with Crippen LogP contribution in [-0.2, 0) is 16.2 Å². The van der Waals surface area contributed by atoms with Crippen LogP contribution in [0.5, 0.6) is 0 Å². The standard InChI is InChI=1S/C28H23F3N2O3S/c1-17(2)32-16-24(21-8-4-5-9-22(21)27(32)34)26-18(3)33(25-11-7-6-10-23(25)26)37(35,36)20-14-12-19(13-15-20)28(29,30)31/h4-17H,1-3H3. The summed E-state index contributed by atoms with van der Waals surface area (Å²) in [6.45, 7) is 5.45. The van der Waals surface area contributed by atoms with Crippen molar-refractivity contribution in [3.63, 3.8) is 0 Å². The molecule has 5 aromatic rings. The van der Waals surface area contributed by atoms with Crippen LogP contribution in [0.2, 0.25) is 0 Å². The van der Waals surface area contributed by atoms with Gasteiger partial charge >= 0.3 is 6.18 Å². The molecule has 0 saturated carbocycles. The fourth-order valence-corrected chi connectivity index (χ4v) is 6.36. The van der Waals surface area contributed by atoms with Crippen LogP contribution in [0.15, 0.2) is 88.7 Å². The number of pyridine rings is 1. The van der Waals surface area contributed by atoms with Gasteiger partial charge in [0.25, 0.3) is 15.6 Å². The van der Waals surface area contributed by atoms with Crippen LogP contribution >= 0.6 is 0 Å². The maximum absolute atomic E-state index is 13.8. The number of para-hydroxylation sites is 1. The normalized spacial score (nSPS) is 12.6. The second kappa shape index (κ2) is 8.62. The van der Waals surface area contributed by atoms with Crippen molar-refractivity contribution in [2.24, 2.45) is 0 Å². The van der Waals surface area contributed by atoms with Gasteiger partial charge in [-0.05, 0) is 62.6 Å². The number of hydrogen-bond donors (Lipinski definition) is 0. The molecule has 37 heavy (non-hydrogen) atoms. The highest BCUT2D eigenvalue weighted by Crippen LogP contribution is 2.40. The molecule has 0 atom stereocenters. The summed E-state index contributed by atoms with van der Waals surface area (Å²) in [6, 6.07) is 17.5. The van der Waals surface area contributed by atoms with Crippen LogP contribution in [-0.4, -0.2) is 17.0 Å². The highest BCUT2D eigenvalue weighted by atomic mass is 32.2. The Balaban J connectivity index is 1.84. The SMILES string of the molecule is Cc1c(-c2cn(C(C)C)c(=O)c3ccccc23)c2ccccc2n1S(=O)(=O)c1ccc(C(F)(F)F)cc1. The second-order valence-corrected chi connectivity index (χ2v) is 11.0. The van der Waals surface area contributed by atoms with E-state index in [1.165, 1.54) is 3.97 Å². The topological polar surface area (TPSA) is 61.1 Å². The average molecular weight is 525 g/mol. The van der Waals surface area contributed by atoms with Gasteiger partial charge in [-0.1, -0.05) is 36.4 Å². The molecule has 190 valence electrons. The molecule has 5 rings (SSSR count). The number of halogens is 3. The lowest BCUT2D eigenvalue weighted by molar-refractivity contribution is -0.137. The number of alkyl halides is 3. The highest BCUT2D eigenvalue weighted by Gasteiger charge is 2.32. The summed E-state index contributed by atoms with van der Waals surface area (Å²) in [7, 11) is -4.25. The first kappa shape index (κ1) is 24.8. The second-order valence-electron chi connectivity index (χ2n) is 9.16. The van der Waals surface area contributed by atoms with E-state index in [1.807, 2.05) is 26.0 Å². The lowest BCUT2D eigenvalue weighted by Gasteiger charge is -2.16. The fraction of sp³-hybridized carbons (Fsp3) is 0.179. The molecule has 0 fully saturated rings. The van der Waals surface area contributed by atoms with E-state index in [4.69, 9.17) is 0 Å². The molecule has 5 nitrogen and oxygen atoms in total. The monoisotopic (exact) mass is 524 g/mol. The molecular weight excluding hydrogens is 501 g/mol. The molecule has 0 bridgehead atoms. The molecule has 2 aromatic heterocycles. The van der Waals surface area contributed by atoms with Crippen molar-refractivity contribution in [3.8, 4) is 11.1 Å². The van der Waals surface area contributed by atoms with Crippen molar-refractivity contribution in [1.82, 2.24) is 8.54 Å². The number of aromatic nitrogens is 2. The summed E-state index contributed by atoms with van der Waals surface area (Å²) in [5.74, 6) is 0. The predicted octanol–water partition coefficient (Wildman–Crippen LogP) is 6.77. The van der Waals surface area contributed by atoms with Crippen LogP contribution in [0.1, 0.15) is 31.1 Å². The molecule has 0 radical (unpaired) electrons. The molecule has 2 heterocycles. The summed E-state index contributed by atoms with van der Waals surface area (Å²) in [4.78, 5) is 12.9. The zero-order valence-electron chi connectivity index (χ0n) is 20.2. The summed E-state index contributed by atoms with van der Waals surface area (Å²) in [5, 5.41) is 1.84. The van der Waals surface area contributed by atoms with Crippen molar-refractivity contribution < 1.29 is 21.6 Å². The minimum atomic E-state index is -4.58. The Morgan fingerprint density at radius 2 is 1.38 bits per heavy atom. The third-order valence-corrected chi connectivity index (χ3v) is 8.37. The molecule has 0 saturated heterocycles. The molecule has 0 aliphatic heterocycles. The summed E-state index contributed by atoms with van der Waals surface area (Å²) in [5.41, 5.74) is 1.04. The number of benzene rings is 3. The lowest BCUT2D eigenvalue weighted by Crippen LogP contribution is -2.22. The van der Waals surface area contributed by atoms with E-state index < -0.39 is 21.8 Å². The van der Waals surface area contributed by atoms with Gasteiger partial charge in [0.05, 0.1) is 16.0 Å². The van der Waals surface area contributed by atoms with E-state index in [9.17, 15) is 26.4 Å². The van der Waals surface area contributed by atoms with Gasteiger partial charge in [0.2, 0.25) is 0 Å². The number of hydrogen-bond acceptors (Lipinski definition) is 3. The third kappa shape index (κ3) is 3.94. The van der Waals surface area contributed by atoms with Gasteiger partial charge < -0.3 is 4.57 Å². The van der Waals surface area contributed by atoms with Gasteiger partial charge in [-0.15, -0.1) is 0 Å². The zero-order chi connectivity index (χ0) is 26.7. The van der Waals surface area contributed by atoms with Crippen LogP contribution in [0.3, 0.4) is 0 Å². The average Bonchev–Trinajstić information content (AvgIpc) is 3.16. The zero-order valence-corrected chi connectivity index (χ0v) is 21.1.